The molecule has 0 aromatic heterocycles. The Morgan fingerprint density at radius 3 is 2.22 bits per heavy atom. The largest absolute Gasteiger partial charge is 0.466 e. The van der Waals surface area contributed by atoms with E-state index in [-0.39, 0.29) is 5.97 Å². The molecule has 0 aliphatic rings. The molecular formula is C14H29NO3. The van der Waals surface area contributed by atoms with Crippen LogP contribution in [0.2, 0.25) is 0 Å². The van der Waals surface area contributed by atoms with Crippen molar-refractivity contribution < 1.29 is 14.3 Å². The smallest absolute Gasteiger partial charge is 0.305 e. The van der Waals surface area contributed by atoms with Crippen molar-refractivity contribution in [3.63, 3.8) is 0 Å². The Bertz CT molecular complexity index is 186. The molecule has 4 nitrogen and oxygen atoms in total. The lowest BCUT2D eigenvalue weighted by atomic mass is 10.1. The van der Waals surface area contributed by atoms with Gasteiger partial charge >= 0.3 is 5.97 Å². The maximum Gasteiger partial charge on any atom is 0.305 e. The van der Waals surface area contributed by atoms with Crippen LogP contribution in [-0.4, -0.2) is 32.3 Å². The van der Waals surface area contributed by atoms with E-state index in [2.05, 4.69) is 0 Å². The van der Waals surface area contributed by atoms with Crippen molar-refractivity contribution in [1.82, 2.24) is 0 Å². The van der Waals surface area contributed by atoms with Gasteiger partial charge in [0.05, 0.1) is 6.61 Å². The van der Waals surface area contributed by atoms with Crippen LogP contribution in [0.15, 0.2) is 0 Å². The second kappa shape index (κ2) is 14.5. The Hall–Kier alpha value is -0.610. The van der Waals surface area contributed by atoms with Crippen molar-refractivity contribution in [3.8, 4) is 0 Å². The van der Waals surface area contributed by atoms with E-state index in [4.69, 9.17) is 15.2 Å². The summed E-state index contributed by atoms with van der Waals surface area (Å²) in [7, 11) is 0. The molecular weight excluding hydrogens is 230 g/mol. The molecule has 0 saturated carbocycles. The Morgan fingerprint density at radius 1 is 0.944 bits per heavy atom. The normalized spacial score (nSPS) is 10.6. The molecule has 0 spiro atoms. The van der Waals surface area contributed by atoms with Gasteiger partial charge in [0.1, 0.15) is 0 Å². The van der Waals surface area contributed by atoms with Crippen LogP contribution in [0.25, 0.3) is 0 Å². The molecule has 0 aromatic carbocycles. The predicted octanol–water partition coefficient (Wildman–Crippen LogP) is 2.65. The average Bonchev–Trinajstić information content (AvgIpc) is 2.36. The monoisotopic (exact) mass is 259 g/mol. The highest BCUT2D eigenvalue weighted by molar-refractivity contribution is 5.69. The molecule has 0 atom stereocenters. The number of carbonyl (C=O) groups is 1. The second-order valence-corrected chi connectivity index (χ2v) is 4.43. The summed E-state index contributed by atoms with van der Waals surface area (Å²) in [5.41, 5.74) is 5.36. The maximum atomic E-state index is 11.1. The van der Waals surface area contributed by atoms with Gasteiger partial charge in [-0.05, 0) is 32.7 Å². The maximum absolute atomic E-state index is 11.1. The first-order valence-electron chi connectivity index (χ1n) is 7.24. The van der Waals surface area contributed by atoms with E-state index >= 15 is 0 Å². The number of hydrogen-bond donors (Lipinski definition) is 1. The number of rotatable bonds is 13. The van der Waals surface area contributed by atoms with Crippen molar-refractivity contribution >= 4 is 5.97 Å². The fourth-order valence-corrected chi connectivity index (χ4v) is 1.70. The lowest BCUT2D eigenvalue weighted by Crippen LogP contribution is -2.05. The summed E-state index contributed by atoms with van der Waals surface area (Å²) in [6.45, 7) is 4.68. The number of carbonyl (C=O) groups excluding carboxylic acids is 1. The van der Waals surface area contributed by atoms with E-state index in [1.165, 1.54) is 19.3 Å². The lowest BCUT2D eigenvalue weighted by molar-refractivity contribution is -0.143. The molecule has 108 valence electrons. The fourth-order valence-electron chi connectivity index (χ4n) is 1.70. The average molecular weight is 259 g/mol. The molecule has 4 heteroatoms. The molecule has 0 bridgehead atoms. The van der Waals surface area contributed by atoms with Gasteiger partial charge in [-0.3, -0.25) is 4.79 Å². The summed E-state index contributed by atoms with van der Waals surface area (Å²) >= 11 is 0. The summed E-state index contributed by atoms with van der Waals surface area (Å²) in [6.07, 6.45) is 8.35. The van der Waals surface area contributed by atoms with Crippen LogP contribution in [0.4, 0.5) is 0 Å². The van der Waals surface area contributed by atoms with Crippen LogP contribution in [0.3, 0.4) is 0 Å². The summed E-state index contributed by atoms with van der Waals surface area (Å²) in [5.74, 6) is -0.0641. The van der Waals surface area contributed by atoms with Crippen molar-refractivity contribution in [3.05, 3.63) is 0 Å². The summed E-state index contributed by atoms with van der Waals surface area (Å²) in [5, 5.41) is 0. The number of unbranched alkanes of at least 4 members (excludes halogenated alkanes) is 5. The first-order valence-corrected chi connectivity index (χ1v) is 7.24. The van der Waals surface area contributed by atoms with E-state index in [0.29, 0.717) is 19.6 Å². The van der Waals surface area contributed by atoms with Gasteiger partial charge in [0, 0.05) is 19.6 Å². The summed E-state index contributed by atoms with van der Waals surface area (Å²) in [6, 6.07) is 0. The molecule has 0 aromatic rings. The van der Waals surface area contributed by atoms with Crippen molar-refractivity contribution in [2.75, 3.05) is 26.4 Å². The molecule has 0 aliphatic carbocycles. The molecule has 0 saturated heterocycles. The minimum absolute atomic E-state index is 0.0641. The third-order valence-corrected chi connectivity index (χ3v) is 2.72. The van der Waals surface area contributed by atoms with Gasteiger partial charge in [-0.25, -0.2) is 0 Å². The van der Waals surface area contributed by atoms with Gasteiger partial charge in [0.2, 0.25) is 0 Å². The van der Waals surface area contributed by atoms with Gasteiger partial charge in [-0.2, -0.15) is 0 Å². The highest BCUT2D eigenvalue weighted by atomic mass is 16.5. The van der Waals surface area contributed by atoms with E-state index in [1.807, 2.05) is 6.92 Å². The zero-order valence-corrected chi connectivity index (χ0v) is 11.8. The lowest BCUT2D eigenvalue weighted by Gasteiger charge is -2.04. The zero-order valence-electron chi connectivity index (χ0n) is 11.8. The van der Waals surface area contributed by atoms with E-state index < -0.39 is 0 Å². The Labute approximate surface area is 111 Å². The van der Waals surface area contributed by atoms with Crippen LogP contribution in [0.1, 0.15) is 58.3 Å². The molecule has 0 rings (SSSR count). The first kappa shape index (κ1) is 17.4. The van der Waals surface area contributed by atoms with Gasteiger partial charge < -0.3 is 15.2 Å². The molecule has 0 fully saturated rings. The van der Waals surface area contributed by atoms with Gasteiger partial charge in [0.15, 0.2) is 0 Å². The number of nitrogens with two attached hydrogens (primary N) is 1. The van der Waals surface area contributed by atoms with Crippen LogP contribution < -0.4 is 5.73 Å². The third-order valence-electron chi connectivity index (χ3n) is 2.72. The van der Waals surface area contributed by atoms with Crippen molar-refractivity contribution in [1.29, 1.82) is 0 Å². The zero-order chi connectivity index (χ0) is 13.5. The van der Waals surface area contributed by atoms with Crippen molar-refractivity contribution in [2.24, 2.45) is 5.73 Å². The summed E-state index contributed by atoms with van der Waals surface area (Å²) < 4.78 is 10.3. The highest BCUT2D eigenvalue weighted by Gasteiger charge is 2.00. The third kappa shape index (κ3) is 13.5. The second-order valence-electron chi connectivity index (χ2n) is 4.43. The Kier molecular flexibility index (Phi) is 14.0. The number of ether oxygens (including phenoxy) is 2. The fraction of sp³-hybridized carbons (Fsp3) is 0.929. The topological polar surface area (TPSA) is 61.5 Å². The minimum Gasteiger partial charge on any atom is -0.466 e. The van der Waals surface area contributed by atoms with Crippen LogP contribution in [0.5, 0.6) is 0 Å². The van der Waals surface area contributed by atoms with Crippen LogP contribution in [0, 0.1) is 0 Å². The SMILES string of the molecule is CCOC(=O)CCCCCCCCOCCCN. The standard InChI is InChI=1S/C14H29NO3/c1-2-18-14(16)10-7-5-3-4-6-8-12-17-13-9-11-15/h2-13,15H2,1H3. The molecule has 0 heterocycles. The predicted molar refractivity (Wildman–Crippen MR) is 73.4 cm³/mol. The Morgan fingerprint density at radius 2 is 1.56 bits per heavy atom. The first-order chi connectivity index (χ1) is 8.81. The molecule has 18 heavy (non-hydrogen) atoms. The summed E-state index contributed by atoms with van der Waals surface area (Å²) in [4.78, 5) is 11.1. The minimum atomic E-state index is -0.0641. The van der Waals surface area contributed by atoms with Crippen LogP contribution >= 0.6 is 0 Å². The number of esters is 1. The highest BCUT2D eigenvalue weighted by Crippen LogP contribution is 2.07. The van der Waals surface area contributed by atoms with E-state index in [9.17, 15) is 4.79 Å². The van der Waals surface area contributed by atoms with Gasteiger partial charge in [0.25, 0.3) is 0 Å². The van der Waals surface area contributed by atoms with Crippen LogP contribution in [-0.2, 0) is 14.3 Å². The Balaban J connectivity index is 3.01. The van der Waals surface area contributed by atoms with Gasteiger partial charge in [-0.1, -0.05) is 25.7 Å². The quantitative estimate of drug-likeness (QED) is 0.408. The molecule has 2 N–H and O–H groups in total. The molecule has 0 aliphatic heterocycles. The van der Waals surface area contributed by atoms with Gasteiger partial charge in [-0.15, -0.1) is 0 Å². The molecule has 0 unspecified atom stereocenters. The molecule has 0 amide bonds. The molecule has 0 radical (unpaired) electrons. The van der Waals surface area contributed by atoms with E-state index in [1.54, 1.807) is 0 Å². The number of hydrogen-bond acceptors (Lipinski definition) is 4. The van der Waals surface area contributed by atoms with E-state index in [0.717, 1.165) is 38.9 Å². The van der Waals surface area contributed by atoms with Crippen molar-refractivity contribution in [2.45, 2.75) is 58.3 Å².